The first-order chi connectivity index (χ1) is 13.4. The summed E-state index contributed by atoms with van der Waals surface area (Å²) in [5, 5.41) is 18.3. The van der Waals surface area contributed by atoms with Gasteiger partial charge < -0.3 is 15.7 Å². The molecule has 0 radical (unpaired) electrons. The number of hydrogen-bond donors (Lipinski definition) is 3. The third-order valence-electron chi connectivity index (χ3n) is 4.65. The number of nitrogens with zero attached hydrogens (tertiary/aromatic N) is 1. The smallest absolute Gasteiger partial charge is 0.352 e. The number of benzene rings is 1. The number of amides is 2. The number of thiophene rings is 1. The maximum atomic E-state index is 12.4. The van der Waals surface area contributed by atoms with Crippen LogP contribution in [0.5, 0.6) is 0 Å². The van der Waals surface area contributed by atoms with E-state index < -0.39 is 17.9 Å². The Labute approximate surface area is 173 Å². The SMILES string of the molecule is CC1=C(C(=O)O)N2C(=O)C(NC(=O)CNc3csc4cc(Cl)ccc34)[C@@H]2SC1. The lowest BCUT2D eigenvalue weighted by Crippen LogP contribution is -2.70. The molecule has 2 atom stereocenters. The van der Waals surface area contributed by atoms with E-state index in [4.69, 9.17) is 11.6 Å². The minimum absolute atomic E-state index is 0.0102. The van der Waals surface area contributed by atoms with E-state index in [0.29, 0.717) is 16.3 Å². The molecule has 1 aromatic heterocycles. The fourth-order valence-electron chi connectivity index (χ4n) is 3.31. The molecule has 2 amide bonds. The second-order valence-corrected chi connectivity index (χ2v) is 8.99. The molecule has 0 aliphatic carbocycles. The highest BCUT2D eigenvalue weighted by Gasteiger charge is 2.53. The zero-order chi connectivity index (χ0) is 20.0. The second-order valence-electron chi connectivity index (χ2n) is 6.53. The minimum Gasteiger partial charge on any atom is -0.477 e. The molecule has 1 aromatic carbocycles. The Morgan fingerprint density at radius 2 is 2.18 bits per heavy atom. The summed E-state index contributed by atoms with van der Waals surface area (Å²) >= 11 is 8.97. The van der Waals surface area contributed by atoms with E-state index in [9.17, 15) is 19.5 Å². The molecule has 3 heterocycles. The average Bonchev–Trinajstić information content (AvgIpc) is 3.05. The van der Waals surface area contributed by atoms with E-state index in [2.05, 4.69) is 10.6 Å². The number of nitrogens with one attached hydrogen (secondary N) is 2. The van der Waals surface area contributed by atoms with Crippen LogP contribution in [0, 0.1) is 0 Å². The quantitative estimate of drug-likeness (QED) is 0.622. The van der Waals surface area contributed by atoms with Crippen LogP contribution in [0.1, 0.15) is 6.92 Å². The number of carbonyl (C=O) groups excluding carboxylic acids is 2. The van der Waals surface area contributed by atoms with E-state index in [0.717, 1.165) is 15.8 Å². The van der Waals surface area contributed by atoms with Crippen molar-refractivity contribution in [3.8, 4) is 0 Å². The maximum absolute atomic E-state index is 12.4. The van der Waals surface area contributed by atoms with Gasteiger partial charge in [-0.05, 0) is 30.7 Å². The van der Waals surface area contributed by atoms with Gasteiger partial charge in [0.25, 0.3) is 5.91 Å². The van der Waals surface area contributed by atoms with Crippen LogP contribution in [0.25, 0.3) is 10.1 Å². The summed E-state index contributed by atoms with van der Waals surface area (Å²) in [6.45, 7) is 1.71. The molecule has 1 saturated heterocycles. The maximum Gasteiger partial charge on any atom is 0.352 e. The number of halogens is 1. The van der Waals surface area contributed by atoms with Crippen LogP contribution in [0.15, 0.2) is 34.8 Å². The number of fused-ring (bicyclic) bond motifs is 2. The van der Waals surface area contributed by atoms with Crippen molar-refractivity contribution in [2.45, 2.75) is 18.3 Å². The Hall–Kier alpha value is -2.23. The molecule has 2 aliphatic heterocycles. The summed E-state index contributed by atoms with van der Waals surface area (Å²) in [6.07, 6.45) is 0. The molecule has 1 fully saturated rings. The molecular weight excluding hydrogens is 422 g/mol. The summed E-state index contributed by atoms with van der Waals surface area (Å²) in [4.78, 5) is 37.4. The van der Waals surface area contributed by atoms with Crippen LogP contribution in [0.4, 0.5) is 5.69 Å². The number of thioether (sulfide) groups is 1. The molecule has 146 valence electrons. The van der Waals surface area contributed by atoms with Crippen LogP contribution in [-0.2, 0) is 14.4 Å². The van der Waals surface area contributed by atoms with Gasteiger partial charge >= 0.3 is 5.97 Å². The van der Waals surface area contributed by atoms with Gasteiger partial charge in [-0.15, -0.1) is 23.1 Å². The Morgan fingerprint density at radius 3 is 2.93 bits per heavy atom. The van der Waals surface area contributed by atoms with Crippen LogP contribution in [-0.4, -0.2) is 51.5 Å². The molecule has 3 N–H and O–H groups in total. The summed E-state index contributed by atoms with van der Waals surface area (Å²) in [5.41, 5.74) is 1.51. The lowest BCUT2D eigenvalue weighted by atomic mass is 10.0. The Morgan fingerprint density at radius 1 is 1.39 bits per heavy atom. The molecule has 10 heteroatoms. The fraction of sp³-hybridized carbons (Fsp3) is 0.278. The van der Waals surface area contributed by atoms with Crippen LogP contribution in [0.2, 0.25) is 5.02 Å². The third-order valence-corrected chi connectivity index (χ3v) is 7.26. The van der Waals surface area contributed by atoms with Gasteiger partial charge in [0.2, 0.25) is 5.91 Å². The van der Waals surface area contributed by atoms with Crippen molar-refractivity contribution in [2.75, 3.05) is 17.6 Å². The third kappa shape index (κ3) is 3.23. The number of β-lactam (4-membered cyclic amide) rings is 1. The lowest BCUT2D eigenvalue weighted by Gasteiger charge is -2.49. The number of hydrogen-bond acceptors (Lipinski definition) is 6. The molecule has 28 heavy (non-hydrogen) atoms. The molecule has 1 unspecified atom stereocenters. The van der Waals surface area contributed by atoms with Crippen LogP contribution < -0.4 is 10.6 Å². The summed E-state index contributed by atoms with van der Waals surface area (Å²) in [5.74, 6) is -1.32. The number of carbonyl (C=O) groups is 3. The fourth-order valence-corrected chi connectivity index (χ4v) is 5.80. The van der Waals surface area contributed by atoms with Gasteiger partial charge in [-0.2, -0.15) is 0 Å². The zero-order valence-electron chi connectivity index (χ0n) is 14.7. The predicted molar refractivity (Wildman–Crippen MR) is 111 cm³/mol. The largest absolute Gasteiger partial charge is 0.477 e. The van der Waals surface area contributed by atoms with E-state index >= 15 is 0 Å². The highest BCUT2D eigenvalue weighted by atomic mass is 35.5. The molecule has 0 saturated carbocycles. The van der Waals surface area contributed by atoms with Gasteiger partial charge in [-0.1, -0.05) is 11.6 Å². The average molecular weight is 438 g/mol. The highest BCUT2D eigenvalue weighted by molar-refractivity contribution is 8.00. The van der Waals surface area contributed by atoms with Gasteiger partial charge in [0.05, 0.1) is 12.2 Å². The molecule has 7 nitrogen and oxygen atoms in total. The summed E-state index contributed by atoms with van der Waals surface area (Å²) in [6, 6.07) is 4.84. The standard InChI is InChI=1S/C18H16ClN3O4S2/c1-8-6-28-17-14(16(24)22(17)15(8)18(25)26)21-13(23)5-20-11-7-27-12-4-9(19)2-3-10(11)12/h2-4,7,14,17,20H,5-6H2,1H3,(H,21,23)(H,25,26)/t14?,17-/m0/s1. The van der Waals surface area contributed by atoms with Crippen LogP contribution >= 0.6 is 34.7 Å². The van der Waals surface area contributed by atoms with Crippen molar-refractivity contribution in [1.82, 2.24) is 10.2 Å². The first-order valence-corrected chi connectivity index (χ1v) is 10.7. The second kappa shape index (κ2) is 7.31. The first-order valence-electron chi connectivity index (χ1n) is 8.44. The van der Waals surface area contributed by atoms with Gasteiger partial charge in [0.1, 0.15) is 17.1 Å². The Kier molecular flexibility index (Phi) is 4.98. The number of anilines is 1. The topological polar surface area (TPSA) is 98.7 Å². The van der Waals surface area contributed by atoms with Crippen molar-refractivity contribution in [1.29, 1.82) is 0 Å². The normalized spacial score (nSPS) is 21.4. The first kappa shape index (κ1) is 19.1. The Bertz CT molecular complexity index is 1040. The highest BCUT2D eigenvalue weighted by Crippen LogP contribution is 2.40. The Balaban J connectivity index is 1.38. The molecule has 0 spiro atoms. The van der Waals surface area contributed by atoms with Gasteiger partial charge in [-0.25, -0.2) is 4.79 Å². The van der Waals surface area contributed by atoms with Crippen molar-refractivity contribution >= 4 is 68.3 Å². The summed E-state index contributed by atoms with van der Waals surface area (Å²) < 4.78 is 1.02. The van der Waals surface area contributed by atoms with Crippen molar-refractivity contribution in [3.05, 3.63) is 39.9 Å². The van der Waals surface area contributed by atoms with Gasteiger partial charge in [-0.3, -0.25) is 14.5 Å². The number of aliphatic carboxylic acids is 1. The molecule has 2 aliphatic rings. The lowest BCUT2D eigenvalue weighted by molar-refractivity contribution is -0.150. The van der Waals surface area contributed by atoms with E-state index in [1.54, 1.807) is 13.0 Å². The monoisotopic (exact) mass is 437 g/mol. The number of carboxylic acid groups (broad SMARTS) is 1. The van der Waals surface area contributed by atoms with Crippen molar-refractivity contribution in [2.24, 2.45) is 0 Å². The van der Waals surface area contributed by atoms with E-state index in [1.807, 2.05) is 17.5 Å². The molecule has 2 aromatic rings. The van der Waals surface area contributed by atoms with E-state index in [1.165, 1.54) is 28.0 Å². The summed E-state index contributed by atoms with van der Waals surface area (Å²) in [7, 11) is 0. The van der Waals surface area contributed by atoms with Crippen molar-refractivity contribution < 1.29 is 19.5 Å². The van der Waals surface area contributed by atoms with Crippen LogP contribution in [0.3, 0.4) is 0 Å². The van der Waals surface area contributed by atoms with Gasteiger partial charge in [0.15, 0.2) is 0 Å². The number of rotatable bonds is 5. The number of carboxylic acids is 1. The van der Waals surface area contributed by atoms with Crippen molar-refractivity contribution in [3.63, 3.8) is 0 Å². The van der Waals surface area contributed by atoms with E-state index in [-0.39, 0.29) is 23.5 Å². The molecular formula is C18H16ClN3O4S2. The zero-order valence-corrected chi connectivity index (χ0v) is 17.1. The molecule has 0 bridgehead atoms. The minimum atomic E-state index is -1.12. The predicted octanol–water partition coefficient (Wildman–Crippen LogP) is 2.73. The van der Waals surface area contributed by atoms with Gasteiger partial charge in [0, 0.05) is 26.2 Å². The molecule has 4 rings (SSSR count).